The van der Waals surface area contributed by atoms with E-state index in [9.17, 15) is 4.79 Å². The van der Waals surface area contributed by atoms with Gasteiger partial charge in [-0.25, -0.2) is 0 Å². The maximum atomic E-state index is 12.3. The second kappa shape index (κ2) is 7.93. The Bertz CT molecular complexity index is 954. The van der Waals surface area contributed by atoms with Crippen LogP contribution in [0.25, 0.3) is 5.69 Å². The Hall–Kier alpha value is -2.31. The summed E-state index contributed by atoms with van der Waals surface area (Å²) in [7, 11) is 0. The normalized spacial score (nSPS) is 10.8. The van der Waals surface area contributed by atoms with Gasteiger partial charge in [0.2, 0.25) is 5.91 Å². The SMILES string of the molecule is Cc1cccc(NC(=O)CSc2nnc(C)n2-c2cccc(Cl)c2)c1C. The zero-order chi connectivity index (χ0) is 18.7. The summed E-state index contributed by atoms with van der Waals surface area (Å²) in [5.41, 5.74) is 3.93. The molecule has 1 heterocycles. The fraction of sp³-hybridized carbons (Fsp3) is 0.211. The minimum atomic E-state index is -0.0815. The molecule has 0 unspecified atom stereocenters. The first-order valence-electron chi connectivity index (χ1n) is 8.12. The van der Waals surface area contributed by atoms with Gasteiger partial charge in [0.05, 0.1) is 11.4 Å². The molecule has 0 bridgehead atoms. The van der Waals surface area contributed by atoms with E-state index in [4.69, 9.17) is 11.6 Å². The molecule has 0 spiro atoms. The standard InChI is InChI=1S/C19H19ClN4OS/c1-12-6-4-9-17(13(12)2)21-18(25)11-26-19-23-22-14(3)24(19)16-8-5-7-15(20)10-16/h4-10H,11H2,1-3H3,(H,21,25). The second-order valence-corrected chi connectivity index (χ2v) is 7.31. The van der Waals surface area contributed by atoms with Crippen LogP contribution in [0.4, 0.5) is 5.69 Å². The highest BCUT2D eigenvalue weighted by atomic mass is 35.5. The lowest BCUT2D eigenvalue weighted by Gasteiger charge is -2.11. The lowest BCUT2D eigenvalue weighted by Crippen LogP contribution is -2.15. The van der Waals surface area contributed by atoms with Gasteiger partial charge in [-0.05, 0) is 56.2 Å². The summed E-state index contributed by atoms with van der Waals surface area (Å²) in [5.74, 6) is 0.901. The second-order valence-electron chi connectivity index (χ2n) is 5.93. The van der Waals surface area contributed by atoms with E-state index in [2.05, 4.69) is 15.5 Å². The minimum absolute atomic E-state index is 0.0815. The number of rotatable bonds is 5. The van der Waals surface area contributed by atoms with Gasteiger partial charge in [0.1, 0.15) is 5.82 Å². The molecule has 3 rings (SSSR count). The number of nitrogens with one attached hydrogen (secondary N) is 1. The predicted molar refractivity (Wildman–Crippen MR) is 106 cm³/mol. The van der Waals surface area contributed by atoms with Crippen LogP contribution in [0.5, 0.6) is 0 Å². The lowest BCUT2D eigenvalue weighted by atomic mass is 10.1. The van der Waals surface area contributed by atoms with E-state index in [0.717, 1.165) is 28.3 Å². The van der Waals surface area contributed by atoms with Crippen LogP contribution >= 0.6 is 23.4 Å². The molecule has 1 amide bonds. The summed E-state index contributed by atoms with van der Waals surface area (Å²) in [6.45, 7) is 5.89. The van der Waals surface area contributed by atoms with Crippen LogP contribution in [0.3, 0.4) is 0 Å². The highest BCUT2D eigenvalue weighted by Gasteiger charge is 2.14. The number of carbonyl (C=O) groups is 1. The highest BCUT2D eigenvalue weighted by Crippen LogP contribution is 2.24. The molecule has 5 nitrogen and oxygen atoms in total. The molecule has 0 saturated carbocycles. The first kappa shape index (κ1) is 18.5. The summed E-state index contributed by atoms with van der Waals surface area (Å²) in [4.78, 5) is 12.3. The molecular formula is C19H19ClN4OS. The molecule has 0 fully saturated rings. The zero-order valence-electron chi connectivity index (χ0n) is 14.8. The van der Waals surface area contributed by atoms with E-state index in [0.29, 0.717) is 10.2 Å². The molecular weight excluding hydrogens is 368 g/mol. The van der Waals surface area contributed by atoms with Crippen molar-refractivity contribution in [3.63, 3.8) is 0 Å². The van der Waals surface area contributed by atoms with Crippen molar-refractivity contribution in [2.45, 2.75) is 25.9 Å². The average molecular weight is 387 g/mol. The van der Waals surface area contributed by atoms with Crippen LogP contribution < -0.4 is 5.32 Å². The number of anilines is 1. The minimum Gasteiger partial charge on any atom is -0.325 e. The molecule has 0 aliphatic rings. The van der Waals surface area contributed by atoms with Crippen molar-refractivity contribution in [2.75, 3.05) is 11.1 Å². The fourth-order valence-corrected chi connectivity index (χ4v) is 3.53. The van der Waals surface area contributed by atoms with Gasteiger partial charge in [0, 0.05) is 10.7 Å². The number of aryl methyl sites for hydroxylation is 2. The number of amides is 1. The molecule has 1 aromatic heterocycles. The Morgan fingerprint density at radius 2 is 1.92 bits per heavy atom. The van der Waals surface area contributed by atoms with Crippen molar-refractivity contribution >= 4 is 35.0 Å². The van der Waals surface area contributed by atoms with Gasteiger partial charge < -0.3 is 5.32 Å². The summed E-state index contributed by atoms with van der Waals surface area (Å²) >= 11 is 7.43. The van der Waals surface area contributed by atoms with Crippen LogP contribution in [0.2, 0.25) is 5.02 Å². The Morgan fingerprint density at radius 1 is 1.15 bits per heavy atom. The molecule has 0 aliphatic carbocycles. The Balaban J connectivity index is 1.72. The van der Waals surface area contributed by atoms with E-state index in [1.807, 2.05) is 67.8 Å². The molecule has 2 aromatic carbocycles. The Kier molecular flexibility index (Phi) is 5.64. The van der Waals surface area contributed by atoms with Gasteiger partial charge in [-0.3, -0.25) is 9.36 Å². The predicted octanol–water partition coefficient (Wildman–Crippen LogP) is 4.58. The van der Waals surface area contributed by atoms with Gasteiger partial charge in [0.15, 0.2) is 5.16 Å². The first-order chi connectivity index (χ1) is 12.5. The molecule has 0 saturated heterocycles. The van der Waals surface area contributed by atoms with Gasteiger partial charge in [-0.2, -0.15) is 0 Å². The maximum Gasteiger partial charge on any atom is 0.234 e. The summed E-state index contributed by atoms with van der Waals surface area (Å²) in [6.07, 6.45) is 0. The highest BCUT2D eigenvalue weighted by molar-refractivity contribution is 7.99. The van der Waals surface area contributed by atoms with E-state index >= 15 is 0 Å². The maximum absolute atomic E-state index is 12.3. The van der Waals surface area contributed by atoms with Crippen LogP contribution in [0, 0.1) is 20.8 Å². The van der Waals surface area contributed by atoms with Crippen molar-refractivity contribution < 1.29 is 4.79 Å². The number of thioether (sulfide) groups is 1. The molecule has 7 heteroatoms. The number of hydrogen-bond donors (Lipinski definition) is 1. The van der Waals surface area contributed by atoms with E-state index in [1.54, 1.807) is 0 Å². The smallest absolute Gasteiger partial charge is 0.234 e. The number of nitrogens with zero attached hydrogens (tertiary/aromatic N) is 3. The number of hydrogen-bond acceptors (Lipinski definition) is 4. The lowest BCUT2D eigenvalue weighted by molar-refractivity contribution is -0.113. The third-order valence-electron chi connectivity index (χ3n) is 4.07. The van der Waals surface area contributed by atoms with Crippen LogP contribution in [0.15, 0.2) is 47.6 Å². The fourth-order valence-electron chi connectivity index (χ4n) is 2.55. The summed E-state index contributed by atoms with van der Waals surface area (Å²) in [6, 6.07) is 13.3. The number of benzene rings is 2. The molecule has 0 aliphatic heterocycles. The summed E-state index contributed by atoms with van der Waals surface area (Å²) in [5, 5.41) is 12.6. The van der Waals surface area contributed by atoms with Crippen molar-refractivity contribution in [1.29, 1.82) is 0 Å². The molecule has 3 aromatic rings. The first-order valence-corrected chi connectivity index (χ1v) is 9.49. The molecule has 0 radical (unpaired) electrons. The Morgan fingerprint density at radius 3 is 2.69 bits per heavy atom. The van der Waals surface area contributed by atoms with Gasteiger partial charge >= 0.3 is 0 Å². The van der Waals surface area contributed by atoms with Crippen LogP contribution in [-0.2, 0) is 4.79 Å². The van der Waals surface area contributed by atoms with Crippen LogP contribution in [-0.4, -0.2) is 26.4 Å². The zero-order valence-corrected chi connectivity index (χ0v) is 16.4. The quantitative estimate of drug-likeness (QED) is 0.652. The average Bonchev–Trinajstić information content (AvgIpc) is 2.98. The largest absolute Gasteiger partial charge is 0.325 e. The Labute approximate surface area is 161 Å². The topological polar surface area (TPSA) is 59.8 Å². The number of carbonyl (C=O) groups excluding carboxylic acids is 1. The van der Waals surface area contributed by atoms with Gasteiger partial charge in [0.25, 0.3) is 0 Å². The van der Waals surface area contributed by atoms with Crippen molar-refractivity contribution in [1.82, 2.24) is 14.8 Å². The summed E-state index contributed by atoms with van der Waals surface area (Å²) < 4.78 is 1.89. The van der Waals surface area contributed by atoms with Crippen molar-refractivity contribution in [2.24, 2.45) is 0 Å². The molecule has 134 valence electrons. The molecule has 1 N–H and O–H groups in total. The van der Waals surface area contributed by atoms with Gasteiger partial charge in [-0.15, -0.1) is 10.2 Å². The van der Waals surface area contributed by atoms with E-state index in [-0.39, 0.29) is 11.7 Å². The number of halogens is 1. The van der Waals surface area contributed by atoms with E-state index in [1.165, 1.54) is 11.8 Å². The van der Waals surface area contributed by atoms with E-state index < -0.39 is 0 Å². The third-order valence-corrected chi connectivity index (χ3v) is 5.24. The number of aromatic nitrogens is 3. The van der Waals surface area contributed by atoms with Crippen LogP contribution in [0.1, 0.15) is 17.0 Å². The molecule has 0 atom stereocenters. The van der Waals surface area contributed by atoms with Crippen molar-refractivity contribution in [3.8, 4) is 5.69 Å². The van der Waals surface area contributed by atoms with Gasteiger partial charge in [-0.1, -0.05) is 41.6 Å². The monoisotopic (exact) mass is 386 g/mol. The third kappa shape index (κ3) is 4.08. The van der Waals surface area contributed by atoms with Crippen molar-refractivity contribution in [3.05, 3.63) is 64.4 Å². The molecule has 26 heavy (non-hydrogen) atoms.